The molecule has 1 aliphatic rings. The van der Waals surface area contributed by atoms with Crippen molar-refractivity contribution in [2.45, 2.75) is 118 Å². The molecule has 8 nitrogen and oxygen atoms in total. The van der Waals surface area contributed by atoms with E-state index in [9.17, 15) is 19.2 Å². The molecule has 252 valence electrons. The first-order chi connectivity index (χ1) is 22.1. The lowest BCUT2D eigenvalue weighted by atomic mass is 9.82. The van der Waals surface area contributed by atoms with Crippen molar-refractivity contribution in [1.82, 2.24) is 0 Å². The first-order valence-corrected chi connectivity index (χ1v) is 17.1. The van der Waals surface area contributed by atoms with E-state index in [2.05, 4.69) is 27.7 Å². The molecule has 0 aliphatic heterocycles. The van der Waals surface area contributed by atoms with Gasteiger partial charge in [0.05, 0.1) is 35.2 Å². The van der Waals surface area contributed by atoms with E-state index in [4.69, 9.17) is 18.9 Å². The number of carbonyl (C=O) groups excluding carboxylic acids is 4. The summed E-state index contributed by atoms with van der Waals surface area (Å²) in [7, 11) is 0. The molecule has 0 bridgehead atoms. The summed E-state index contributed by atoms with van der Waals surface area (Å²) in [6, 6.07) is 12.8. The van der Waals surface area contributed by atoms with E-state index in [-0.39, 0.29) is 36.0 Å². The molecule has 0 saturated heterocycles. The Morgan fingerprint density at radius 3 is 1.15 bits per heavy atom. The van der Waals surface area contributed by atoms with Crippen molar-refractivity contribution in [3.05, 3.63) is 59.7 Å². The Morgan fingerprint density at radius 2 is 0.870 bits per heavy atom. The van der Waals surface area contributed by atoms with Gasteiger partial charge in [0.1, 0.15) is 11.5 Å². The summed E-state index contributed by atoms with van der Waals surface area (Å²) in [5, 5.41) is 0. The van der Waals surface area contributed by atoms with Gasteiger partial charge in [0.25, 0.3) is 0 Å². The zero-order valence-electron chi connectivity index (χ0n) is 28.4. The predicted octanol–water partition coefficient (Wildman–Crippen LogP) is 8.75. The molecule has 2 atom stereocenters. The first kappa shape index (κ1) is 36.8. The Kier molecular flexibility index (Phi) is 14.8. The molecule has 1 fully saturated rings. The SMILES string of the molecule is CCC(CC)C[C@@H](C)OC(=O)c1ccc(OC(=O)C2CCC(C(=O)Oc3ccc(C(=O)O[C@H](C)CC(CC)CC)cc3)CC2)cc1. The Labute approximate surface area is 274 Å². The van der Waals surface area contributed by atoms with E-state index in [0.717, 1.165) is 38.5 Å². The van der Waals surface area contributed by atoms with Crippen LogP contribution in [0.25, 0.3) is 0 Å². The van der Waals surface area contributed by atoms with E-state index >= 15 is 0 Å². The number of ether oxygens (including phenoxy) is 4. The summed E-state index contributed by atoms with van der Waals surface area (Å²) in [5.41, 5.74) is 0.818. The first-order valence-electron chi connectivity index (χ1n) is 17.1. The van der Waals surface area contributed by atoms with E-state index < -0.39 is 11.9 Å². The van der Waals surface area contributed by atoms with E-state index in [1.165, 1.54) is 0 Å². The minimum Gasteiger partial charge on any atom is -0.459 e. The predicted molar refractivity (Wildman–Crippen MR) is 177 cm³/mol. The van der Waals surface area contributed by atoms with Gasteiger partial charge in [-0.05, 0) is 113 Å². The van der Waals surface area contributed by atoms with Crippen LogP contribution < -0.4 is 9.47 Å². The van der Waals surface area contributed by atoms with Crippen LogP contribution in [0.5, 0.6) is 11.5 Å². The molecule has 0 N–H and O–H groups in total. The highest BCUT2D eigenvalue weighted by Crippen LogP contribution is 2.32. The fraction of sp³-hybridized carbons (Fsp3) is 0.579. The molecule has 0 spiro atoms. The van der Waals surface area contributed by atoms with Crippen LogP contribution in [0.2, 0.25) is 0 Å². The van der Waals surface area contributed by atoms with Crippen LogP contribution in [-0.4, -0.2) is 36.1 Å². The third-order valence-electron chi connectivity index (χ3n) is 9.27. The molecule has 0 heterocycles. The van der Waals surface area contributed by atoms with E-state index in [1.54, 1.807) is 48.5 Å². The largest absolute Gasteiger partial charge is 0.459 e. The van der Waals surface area contributed by atoms with Crippen molar-refractivity contribution in [2.24, 2.45) is 23.7 Å². The summed E-state index contributed by atoms with van der Waals surface area (Å²) < 4.78 is 22.4. The number of esters is 4. The Hall–Kier alpha value is -3.68. The molecule has 2 aromatic rings. The second kappa shape index (κ2) is 18.5. The lowest BCUT2D eigenvalue weighted by Crippen LogP contribution is -2.30. The maximum Gasteiger partial charge on any atom is 0.338 e. The fourth-order valence-corrected chi connectivity index (χ4v) is 6.06. The van der Waals surface area contributed by atoms with Gasteiger partial charge in [-0.1, -0.05) is 53.4 Å². The number of rotatable bonds is 16. The molecular weight excluding hydrogens is 584 g/mol. The van der Waals surface area contributed by atoms with E-state index in [0.29, 0.717) is 60.1 Å². The van der Waals surface area contributed by atoms with Crippen molar-refractivity contribution in [3.63, 3.8) is 0 Å². The standard InChI is InChI=1S/C38H52O8/c1-7-27(8-2)23-25(5)43-35(39)31-15-19-33(20-16-31)45-37(41)29-11-13-30(14-12-29)38(42)46-34-21-17-32(18-22-34)36(40)44-26(6)24-28(9-3)10-4/h15-22,25-30H,7-14,23-24H2,1-6H3/t25-,26-,29?,30?/m1/s1. The summed E-state index contributed by atoms with van der Waals surface area (Å²) >= 11 is 0. The Balaban J connectivity index is 1.41. The highest BCUT2D eigenvalue weighted by Gasteiger charge is 2.32. The molecule has 1 saturated carbocycles. The molecule has 0 radical (unpaired) electrons. The minimum atomic E-state index is -0.391. The number of carbonyl (C=O) groups is 4. The summed E-state index contributed by atoms with van der Waals surface area (Å²) in [5.74, 6) is -0.346. The molecule has 8 heteroatoms. The zero-order chi connectivity index (χ0) is 33.6. The second-order valence-corrected chi connectivity index (χ2v) is 12.7. The average molecular weight is 637 g/mol. The van der Waals surface area contributed by atoms with Gasteiger partial charge in [0, 0.05) is 0 Å². The maximum atomic E-state index is 12.8. The highest BCUT2D eigenvalue weighted by atomic mass is 16.6. The van der Waals surface area contributed by atoms with E-state index in [1.807, 2.05) is 13.8 Å². The molecule has 46 heavy (non-hydrogen) atoms. The minimum absolute atomic E-state index is 0.170. The van der Waals surface area contributed by atoms with Gasteiger partial charge >= 0.3 is 23.9 Å². The quantitative estimate of drug-likeness (QED) is 0.133. The zero-order valence-corrected chi connectivity index (χ0v) is 28.4. The van der Waals surface area contributed by atoms with Gasteiger partial charge in [-0.2, -0.15) is 0 Å². The number of hydrogen-bond acceptors (Lipinski definition) is 8. The van der Waals surface area contributed by atoms with Crippen molar-refractivity contribution in [2.75, 3.05) is 0 Å². The van der Waals surface area contributed by atoms with Crippen LogP contribution in [0, 0.1) is 23.7 Å². The molecular formula is C38H52O8. The average Bonchev–Trinajstić information content (AvgIpc) is 3.06. The lowest BCUT2D eigenvalue weighted by molar-refractivity contribution is -0.145. The molecule has 0 amide bonds. The maximum absolute atomic E-state index is 12.8. The van der Waals surface area contributed by atoms with Gasteiger partial charge in [0.15, 0.2) is 0 Å². The normalized spacial score (nSPS) is 17.7. The third-order valence-corrected chi connectivity index (χ3v) is 9.27. The van der Waals surface area contributed by atoms with Crippen molar-refractivity contribution >= 4 is 23.9 Å². The van der Waals surface area contributed by atoms with Crippen LogP contribution in [0.1, 0.15) is 126 Å². The molecule has 1 aliphatic carbocycles. The Morgan fingerprint density at radius 1 is 0.565 bits per heavy atom. The lowest BCUT2D eigenvalue weighted by Gasteiger charge is -2.25. The topological polar surface area (TPSA) is 105 Å². The van der Waals surface area contributed by atoms with Gasteiger partial charge < -0.3 is 18.9 Å². The third kappa shape index (κ3) is 11.3. The fourth-order valence-electron chi connectivity index (χ4n) is 6.06. The van der Waals surface area contributed by atoms with Crippen LogP contribution in [0.4, 0.5) is 0 Å². The molecule has 0 aromatic heterocycles. The second-order valence-electron chi connectivity index (χ2n) is 12.7. The Bertz CT molecular complexity index is 1150. The number of benzene rings is 2. The van der Waals surface area contributed by atoms with Crippen molar-refractivity contribution < 1.29 is 38.1 Å². The van der Waals surface area contributed by atoms with Crippen molar-refractivity contribution in [1.29, 1.82) is 0 Å². The molecule has 2 aromatic carbocycles. The van der Waals surface area contributed by atoms with Gasteiger partial charge in [0.2, 0.25) is 0 Å². The highest BCUT2D eigenvalue weighted by molar-refractivity contribution is 5.90. The van der Waals surface area contributed by atoms with Gasteiger partial charge in [-0.3, -0.25) is 9.59 Å². The summed E-state index contributed by atoms with van der Waals surface area (Å²) in [6.07, 6.45) is 7.58. The van der Waals surface area contributed by atoms with Crippen LogP contribution in [0.3, 0.4) is 0 Å². The molecule has 3 rings (SSSR count). The van der Waals surface area contributed by atoms with Crippen LogP contribution >= 0.6 is 0 Å². The van der Waals surface area contributed by atoms with Gasteiger partial charge in [-0.25, -0.2) is 9.59 Å². The monoisotopic (exact) mass is 636 g/mol. The van der Waals surface area contributed by atoms with Crippen molar-refractivity contribution in [3.8, 4) is 11.5 Å². The van der Waals surface area contributed by atoms with Crippen LogP contribution in [0.15, 0.2) is 48.5 Å². The smallest absolute Gasteiger partial charge is 0.338 e. The van der Waals surface area contributed by atoms with Gasteiger partial charge in [-0.15, -0.1) is 0 Å². The summed E-state index contributed by atoms with van der Waals surface area (Å²) in [4.78, 5) is 50.7. The molecule has 0 unspecified atom stereocenters. The number of hydrogen-bond donors (Lipinski definition) is 0. The summed E-state index contributed by atoms with van der Waals surface area (Å²) in [6.45, 7) is 12.4. The van der Waals surface area contributed by atoms with Crippen LogP contribution in [-0.2, 0) is 19.1 Å².